The molecule has 0 aliphatic carbocycles. The average molecular weight is 295 g/mol. The number of nitrogens with zero attached hydrogens (tertiary/aromatic N) is 1. The highest BCUT2D eigenvalue weighted by atomic mass is 16.3. The third kappa shape index (κ3) is 3.20. The smallest absolute Gasteiger partial charge is 0.223 e. The van der Waals surface area contributed by atoms with Crippen molar-refractivity contribution in [1.29, 1.82) is 0 Å². The van der Waals surface area contributed by atoms with E-state index in [4.69, 9.17) is 0 Å². The number of carbonyl (C=O) groups is 1. The Balaban J connectivity index is 1.85. The van der Waals surface area contributed by atoms with Crippen LogP contribution in [-0.2, 0) is 4.79 Å². The first-order valence-corrected chi connectivity index (χ1v) is 7.76. The molecule has 2 aromatic rings. The maximum absolute atomic E-state index is 12.2. The molecule has 0 saturated carbocycles. The van der Waals surface area contributed by atoms with Gasteiger partial charge in [-0.3, -0.25) is 4.79 Å². The van der Waals surface area contributed by atoms with Gasteiger partial charge in [-0.1, -0.05) is 60.7 Å². The van der Waals surface area contributed by atoms with Crippen LogP contribution in [0.2, 0.25) is 0 Å². The van der Waals surface area contributed by atoms with E-state index in [0.717, 1.165) is 0 Å². The highest BCUT2D eigenvalue weighted by Crippen LogP contribution is 2.28. The summed E-state index contributed by atoms with van der Waals surface area (Å²) in [4.78, 5) is 14.1. The Morgan fingerprint density at radius 2 is 1.55 bits per heavy atom. The third-order valence-corrected chi connectivity index (χ3v) is 4.36. The maximum atomic E-state index is 12.2. The van der Waals surface area contributed by atoms with E-state index in [1.807, 2.05) is 41.3 Å². The molecule has 1 aliphatic heterocycles. The number of carbonyl (C=O) groups excluding carboxylic acids is 1. The highest BCUT2D eigenvalue weighted by Gasteiger charge is 2.31. The summed E-state index contributed by atoms with van der Waals surface area (Å²) < 4.78 is 0. The van der Waals surface area contributed by atoms with Gasteiger partial charge in [-0.05, 0) is 11.1 Å². The van der Waals surface area contributed by atoms with Crippen LogP contribution in [0.5, 0.6) is 0 Å². The molecule has 0 aromatic heterocycles. The van der Waals surface area contributed by atoms with Crippen molar-refractivity contribution in [3.63, 3.8) is 0 Å². The Labute approximate surface area is 131 Å². The second-order valence-corrected chi connectivity index (χ2v) is 5.93. The molecule has 3 nitrogen and oxygen atoms in total. The topological polar surface area (TPSA) is 40.5 Å². The van der Waals surface area contributed by atoms with Crippen LogP contribution in [0.4, 0.5) is 0 Å². The maximum Gasteiger partial charge on any atom is 0.223 e. The molecule has 1 aliphatic rings. The van der Waals surface area contributed by atoms with Gasteiger partial charge in [0.25, 0.3) is 0 Å². The van der Waals surface area contributed by atoms with Crippen molar-refractivity contribution in [2.75, 3.05) is 19.7 Å². The molecule has 1 N–H and O–H groups in total. The van der Waals surface area contributed by atoms with Crippen LogP contribution in [-0.4, -0.2) is 35.6 Å². The van der Waals surface area contributed by atoms with Gasteiger partial charge in [0.2, 0.25) is 5.91 Å². The van der Waals surface area contributed by atoms with Crippen LogP contribution in [0, 0.1) is 5.92 Å². The highest BCUT2D eigenvalue weighted by molar-refractivity contribution is 5.78. The number of aliphatic hydroxyl groups excluding tert-OH is 1. The lowest BCUT2D eigenvalue weighted by Gasteiger charge is -2.25. The number of aliphatic hydroxyl groups is 1. The quantitative estimate of drug-likeness (QED) is 0.921. The number of amides is 1. The Morgan fingerprint density at radius 3 is 2.00 bits per heavy atom. The molecule has 2 aromatic carbocycles. The molecule has 3 rings (SSSR count). The first-order chi connectivity index (χ1) is 10.8. The van der Waals surface area contributed by atoms with Gasteiger partial charge >= 0.3 is 0 Å². The van der Waals surface area contributed by atoms with Gasteiger partial charge in [0, 0.05) is 38.0 Å². The molecule has 114 valence electrons. The van der Waals surface area contributed by atoms with Gasteiger partial charge in [0.15, 0.2) is 0 Å². The van der Waals surface area contributed by atoms with E-state index in [1.54, 1.807) is 0 Å². The predicted molar refractivity (Wildman–Crippen MR) is 86.5 cm³/mol. The molecule has 1 atom stereocenters. The lowest BCUT2D eigenvalue weighted by Crippen LogP contribution is -2.30. The number of benzene rings is 2. The van der Waals surface area contributed by atoms with Crippen molar-refractivity contribution >= 4 is 5.91 Å². The Kier molecular flexibility index (Phi) is 4.54. The van der Waals surface area contributed by atoms with E-state index in [-0.39, 0.29) is 24.3 Å². The number of rotatable bonds is 5. The Hall–Kier alpha value is -2.13. The van der Waals surface area contributed by atoms with Gasteiger partial charge in [-0.2, -0.15) is 0 Å². The van der Waals surface area contributed by atoms with E-state index >= 15 is 0 Å². The lowest BCUT2D eigenvalue weighted by atomic mass is 9.91. The minimum absolute atomic E-state index is 0.0831. The summed E-state index contributed by atoms with van der Waals surface area (Å²) in [5.74, 6) is 0.402. The van der Waals surface area contributed by atoms with Crippen LogP contribution in [0.25, 0.3) is 0 Å². The lowest BCUT2D eigenvalue weighted by molar-refractivity contribution is -0.127. The van der Waals surface area contributed by atoms with E-state index in [0.29, 0.717) is 19.5 Å². The zero-order chi connectivity index (χ0) is 15.4. The fourth-order valence-electron chi connectivity index (χ4n) is 3.15. The van der Waals surface area contributed by atoms with E-state index < -0.39 is 0 Å². The van der Waals surface area contributed by atoms with Crippen molar-refractivity contribution in [3.05, 3.63) is 71.8 Å². The summed E-state index contributed by atoms with van der Waals surface area (Å²) in [6.45, 7) is 1.42. The second kappa shape index (κ2) is 6.75. The normalized spacial score (nSPS) is 18.2. The van der Waals surface area contributed by atoms with Crippen LogP contribution in [0.1, 0.15) is 23.5 Å². The van der Waals surface area contributed by atoms with Crippen LogP contribution < -0.4 is 0 Å². The molecule has 1 unspecified atom stereocenters. The first-order valence-electron chi connectivity index (χ1n) is 7.76. The standard InChI is InChI=1S/C19H21NO2/c21-14-15-11-19(22)20(12-15)13-18(16-7-3-1-4-8-16)17-9-5-2-6-10-17/h1-10,15,18,21H,11-14H2. The number of hydrogen-bond acceptors (Lipinski definition) is 2. The molecular weight excluding hydrogens is 274 g/mol. The summed E-state index contributed by atoms with van der Waals surface area (Å²) in [6.07, 6.45) is 0.465. The van der Waals surface area contributed by atoms with Gasteiger partial charge in [0.05, 0.1) is 0 Å². The van der Waals surface area contributed by atoms with Gasteiger partial charge in [-0.15, -0.1) is 0 Å². The summed E-state index contributed by atoms with van der Waals surface area (Å²) in [6, 6.07) is 20.6. The Bertz CT molecular complexity index is 572. The zero-order valence-electron chi connectivity index (χ0n) is 12.6. The number of hydrogen-bond donors (Lipinski definition) is 1. The van der Waals surface area contributed by atoms with E-state index in [9.17, 15) is 9.90 Å². The zero-order valence-corrected chi connectivity index (χ0v) is 12.6. The molecule has 3 heteroatoms. The minimum Gasteiger partial charge on any atom is -0.396 e. The van der Waals surface area contributed by atoms with Crippen LogP contribution >= 0.6 is 0 Å². The molecule has 0 bridgehead atoms. The van der Waals surface area contributed by atoms with Crippen LogP contribution in [0.15, 0.2) is 60.7 Å². The molecule has 22 heavy (non-hydrogen) atoms. The Morgan fingerprint density at radius 1 is 1.00 bits per heavy atom. The summed E-state index contributed by atoms with van der Waals surface area (Å²) >= 11 is 0. The van der Waals surface area contributed by atoms with Crippen molar-refractivity contribution in [3.8, 4) is 0 Å². The predicted octanol–water partition coefficient (Wildman–Crippen LogP) is 2.66. The molecule has 1 amide bonds. The SMILES string of the molecule is O=C1CC(CO)CN1CC(c1ccccc1)c1ccccc1. The van der Waals surface area contributed by atoms with Gasteiger partial charge < -0.3 is 10.0 Å². The molecule has 1 heterocycles. The van der Waals surface area contributed by atoms with E-state index in [2.05, 4.69) is 24.3 Å². The van der Waals surface area contributed by atoms with Crippen LogP contribution in [0.3, 0.4) is 0 Å². The first kappa shape index (κ1) is 14.8. The van der Waals surface area contributed by atoms with Gasteiger partial charge in [-0.25, -0.2) is 0 Å². The fourth-order valence-corrected chi connectivity index (χ4v) is 3.15. The number of likely N-dealkylation sites (tertiary alicyclic amines) is 1. The summed E-state index contributed by atoms with van der Waals surface area (Å²) in [7, 11) is 0. The largest absolute Gasteiger partial charge is 0.396 e. The van der Waals surface area contributed by atoms with Crippen molar-refractivity contribution in [2.45, 2.75) is 12.3 Å². The third-order valence-electron chi connectivity index (χ3n) is 4.36. The molecular formula is C19H21NO2. The monoisotopic (exact) mass is 295 g/mol. The second-order valence-electron chi connectivity index (χ2n) is 5.93. The molecule has 1 fully saturated rings. The molecule has 0 spiro atoms. The van der Waals surface area contributed by atoms with Crippen molar-refractivity contribution in [2.24, 2.45) is 5.92 Å². The fraction of sp³-hybridized carbons (Fsp3) is 0.316. The summed E-state index contributed by atoms with van der Waals surface area (Å²) in [5, 5.41) is 9.29. The minimum atomic E-state index is 0.0831. The molecule has 1 saturated heterocycles. The van der Waals surface area contributed by atoms with Crippen molar-refractivity contribution < 1.29 is 9.90 Å². The van der Waals surface area contributed by atoms with Gasteiger partial charge in [0.1, 0.15) is 0 Å². The van der Waals surface area contributed by atoms with E-state index in [1.165, 1.54) is 11.1 Å². The average Bonchev–Trinajstić information content (AvgIpc) is 2.94. The summed E-state index contributed by atoms with van der Waals surface area (Å²) in [5.41, 5.74) is 2.43. The van der Waals surface area contributed by atoms with Crippen molar-refractivity contribution in [1.82, 2.24) is 4.90 Å². The molecule has 0 radical (unpaired) electrons.